The van der Waals surface area contributed by atoms with Gasteiger partial charge in [0.25, 0.3) is 0 Å². The average Bonchev–Trinajstić information content (AvgIpc) is 2.77. The van der Waals surface area contributed by atoms with Crippen LogP contribution >= 0.6 is 0 Å². The van der Waals surface area contributed by atoms with Crippen molar-refractivity contribution in [3.63, 3.8) is 0 Å². The van der Waals surface area contributed by atoms with Gasteiger partial charge in [0, 0.05) is 31.2 Å². The summed E-state index contributed by atoms with van der Waals surface area (Å²) in [4.78, 5) is 12.4. The van der Waals surface area contributed by atoms with Crippen molar-refractivity contribution in [2.24, 2.45) is 0 Å². The molecule has 1 amide bonds. The van der Waals surface area contributed by atoms with Crippen LogP contribution in [0.15, 0.2) is 54.6 Å². The predicted octanol–water partition coefficient (Wildman–Crippen LogP) is 3.58. The molecule has 2 aromatic carbocycles. The molecule has 0 unspecified atom stereocenters. The van der Waals surface area contributed by atoms with Gasteiger partial charge in [0.05, 0.1) is 14.2 Å². The van der Waals surface area contributed by atoms with E-state index in [9.17, 15) is 4.79 Å². The summed E-state index contributed by atoms with van der Waals surface area (Å²) in [5, 5.41) is 3.08. The van der Waals surface area contributed by atoms with E-state index >= 15 is 0 Å². The van der Waals surface area contributed by atoms with Crippen LogP contribution in [0.1, 0.15) is 24.0 Å². The van der Waals surface area contributed by atoms with Gasteiger partial charge in [0.15, 0.2) is 11.5 Å². The van der Waals surface area contributed by atoms with Crippen LogP contribution in [0, 0.1) is 0 Å². The van der Waals surface area contributed by atoms with Gasteiger partial charge in [-0.05, 0) is 42.2 Å². The normalized spacial score (nSPS) is 15.9. The smallest absolute Gasteiger partial charge is 0.244 e. The van der Waals surface area contributed by atoms with E-state index in [0.29, 0.717) is 31.3 Å². The van der Waals surface area contributed by atoms with Crippen molar-refractivity contribution in [1.29, 1.82) is 0 Å². The van der Waals surface area contributed by atoms with Crippen LogP contribution in [-0.2, 0) is 14.9 Å². The van der Waals surface area contributed by atoms with Gasteiger partial charge in [-0.25, -0.2) is 0 Å². The molecule has 5 heteroatoms. The molecule has 1 saturated heterocycles. The van der Waals surface area contributed by atoms with Crippen LogP contribution in [-0.4, -0.2) is 39.9 Å². The number of rotatable bonds is 7. The molecule has 1 aliphatic rings. The number of hydrogen-bond donors (Lipinski definition) is 1. The number of ether oxygens (including phenoxy) is 3. The minimum atomic E-state index is -0.114. The third-order valence-corrected chi connectivity index (χ3v) is 5.27. The van der Waals surface area contributed by atoms with E-state index in [1.54, 1.807) is 26.4 Å². The number of benzene rings is 2. The maximum Gasteiger partial charge on any atom is 0.244 e. The highest BCUT2D eigenvalue weighted by Gasteiger charge is 2.34. The average molecular weight is 381 g/mol. The number of methoxy groups -OCH3 is 2. The second-order valence-electron chi connectivity index (χ2n) is 6.92. The zero-order chi connectivity index (χ0) is 19.8. The molecule has 148 valence electrons. The Bertz CT molecular complexity index is 811. The molecule has 0 spiro atoms. The van der Waals surface area contributed by atoms with Gasteiger partial charge >= 0.3 is 0 Å². The van der Waals surface area contributed by atoms with Gasteiger partial charge in [-0.2, -0.15) is 0 Å². The van der Waals surface area contributed by atoms with Crippen LogP contribution in [0.3, 0.4) is 0 Å². The Balaban J connectivity index is 1.66. The predicted molar refractivity (Wildman–Crippen MR) is 110 cm³/mol. The Morgan fingerprint density at radius 1 is 1.07 bits per heavy atom. The lowest BCUT2D eigenvalue weighted by Crippen LogP contribution is -2.44. The SMILES string of the molecule is COc1ccc(/C=C/C(=O)NCC2(c3ccccc3)CCOCC2)cc1OC. The Kier molecular flexibility index (Phi) is 6.71. The summed E-state index contributed by atoms with van der Waals surface area (Å²) >= 11 is 0. The van der Waals surface area contributed by atoms with E-state index in [0.717, 1.165) is 18.4 Å². The second-order valence-corrected chi connectivity index (χ2v) is 6.92. The molecular formula is C23H27NO4. The van der Waals surface area contributed by atoms with E-state index in [1.807, 2.05) is 36.4 Å². The highest BCUT2D eigenvalue weighted by Crippen LogP contribution is 2.34. The van der Waals surface area contributed by atoms with Gasteiger partial charge in [-0.15, -0.1) is 0 Å². The fourth-order valence-corrected chi connectivity index (χ4v) is 3.56. The zero-order valence-corrected chi connectivity index (χ0v) is 16.4. The van der Waals surface area contributed by atoms with Crippen molar-refractivity contribution in [1.82, 2.24) is 5.32 Å². The molecular weight excluding hydrogens is 354 g/mol. The number of carbonyl (C=O) groups is 1. The van der Waals surface area contributed by atoms with Crippen molar-refractivity contribution in [3.05, 3.63) is 65.7 Å². The van der Waals surface area contributed by atoms with E-state index in [4.69, 9.17) is 14.2 Å². The standard InChI is InChI=1S/C23H27NO4/c1-26-20-10-8-18(16-21(20)27-2)9-11-22(25)24-17-23(12-14-28-15-13-23)19-6-4-3-5-7-19/h3-11,16H,12-15,17H2,1-2H3,(H,24,25)/b11-9+. The summed E-state index contributed by atoms with van der Waals surface area (Å²) in [5.41, 5.74) is 2.05. The van der Waals surface area contributed by atoms with Crippen LogP contribution in [0.5, 0.6) is 11.5 Å². The molecule has 1 heterocycles. The largest absolute Gasteiger partial charge is 0.493 e. The molecule has 0 aliphatic carbocycles. The molecule has 3 rings (SSSR count). The first-order valence-corrected chi connectivity index (χ1v) is 9.48. The first kappa shape index (κ1) is 20.0. The minimum Gasteiger partial charge on any atom is -0.493 e. The number of nitrogens with one attached hydrogen (secondary N) is 1. The van der Waals surface area contributed by atoms with Crippen LogP contribution in [0.25, 0.3) is 6.08 Å². The van der Waals surface area contributed by atoms with E-state index < -0.39 is 0 Å². The quantitative estimate of drug-likeness (QED) is 0.745. The van der Waals surface area contributed by atoms with Crippen LogP contribution < -0.4 is 14.8 Å². The second kappa shape index (κ2) is 9.42. The summed E-state index contributed by atoms with van der Waals surface area (Å²) < 4.78 is 16.1. The summed E-state index contributed by atoms with van der Waals surface area (Å²) in [5.74, 6) is 1.18. The molecule has 5 nitrogen and oxygen atoms in total. The lowest BCUT2D eigenvalue weighted by molar-refractivity contribution is -0.116. The summed E-state index contributed by atoms with van der Waals surface area (Å²) in [7, 11) is 3.19. The topological polar surface area (TPSA) is 56.8 Å². The Morgan fingerprint density at radius 2 is 1.79 bits per heavy atom. The third kappa shape index (κ3) is 4.73. The molecule has 0 bridgehead atoms. The lowest BCUT2D eigenvalue weighted by Gasteiger charge is -2.37. The highest BCUT2D eigenvalue weighted by atomic mass is 16.5. The first-order chi connectivity index (χ1) is 13.7. The zero-order valence-electron chi connectivity index (χ0n) is 16.4. The lowest BCUT2D eigenvalue weighted by atomic mass is 9.74. The van der Waals surface area contributed by atoms with E-state index in [2.05, 4.69) is 17.4 Å². The fraction of sp³-hybridized carbons (Fsp3) is 0.348. The maximum atomic E-state index is 12.4. The van der Waals surface area contributed by atoms with Crippen molar-refractivity contribution in [2.45, 2.75) is 18.3 Å². The third-order valence-electron chi connectivity index (χ3n) is 5.27. The van der Waals surface area contributed by atoms with Crippen LogP contribution in [0.2, 0.25) is 0 Å². The molecule has 1 fully saturated rings. The monoisotopic (exact) mass is 381 g/mol. The number of hydrogen-bond acceptors (Lipinski definition) is 4. The molecule has 0 radical (unpaired) electrons. The molecule has 2 aromatic rings. The Hall–Kier alpha value is -2.79. The molecule has 28 heavy (non-hydrogen) atoms. The maximum absolute atomic E-state index is 12.4. The van der Waals surface area contributed by atoms with Gasteiger partial charge < -0.3 is 19.5 Å². The van der Waals surface area contributed by atoms with Gasteiger partial charge in [-0.1, -0.05) is 36.4 Å². The molecule has 0 saturated carbocycles. The van der Waals surface area contributed by atoms with Gasteiger partial charge in [0.2, 0.25) is 5.91 Å². The Morgan fingerprint density at radius 3 is 2.46 bits per heavy atom. The molecule has 1 aliphatic heterocycles. The van der Waals surface area contributed by atoms with E-state index in [1.165, 1.54) is 5.56 Å². The fourth-order valence-electron chi connectivity index (χ4n) is 3.56. The van der Waals surface area contributed by atoms with Crippen molar-refractivity contribution >= 4 is 12.0 Å². The number of carbonyl (C=O) groups excluding carboxylic acids is 1. The summed E-state index contributed by atoms with van der Waals surface area (Å²) in [6.07, 6.45) is 5.13. The Labute approximate surface area is 166 Å². The van der Waals surface area contributed by atoms with Crippen molar-refractivity contribution in [2.75, 3.05) is 34.0 Å². The van der Waals surface area contributed by atoms with E-state index in [-0.39, 0.29) is 11.3 Å². The minimum absolute atomic E-state index is 0.0770. The number of amides is 1. The molecule has 1 N–H and O–H groups in total. The van der Waals surface area contributed by atoms with Gasteiger partial charge in [-0.3, -0.25) is 4.79 Å². The van der Waals surface area contributed by atoms with Crippen molar-refractivity contribution in [3.8, 4) is 11.5 Å². The van der Waals surface area contributed by atoms with Crippen LogP contribution in [0.4, 0.5) is 0 Å². The summed E-state index contributed by atoms with van der Waals surface area (Å²) in [6.45, 7) is 2.02. The first-order valence-electron chi connectivity index (χ1n) is 9.48. The molecule has 0 aromatic heterocycles. The van der Waals surface area contributed by atoms with Gasteiger partial charge in [0.1, 0.15) is 0 Å². The highest BCUT2D eigenvalue weighted by molar-refractivity contribution is 5.91. The van der Waals surface area contributed by atoms with Crippen molar-refractivity contribution < 1.29 is 19.0 Å². The summed E-state index contributed by atoms with van der Waals surface area (Å²) in [6, 6.07) is 15.9. The molecule has 0 atom stereocenters.